The molecule has 0 aliphatic carbocycles. The molecule has 0 spiro atoms. The molecule has 0 unspecified atom stereocenters. The van der Waals surface area contributed by atoms with Crippen molar-refractivity contribution in [2.24, 2.45) is 0 Å². The highest BCUT2D eigenvalue weighted by molar-refractivity contribution is 5.90. The monoisotopic (exact) mass is 377 g/mol. The summed E-state index contributed by atoms with van der Waals surface area (Å²) in [5.74, 6) is 1.13. The van der Waals surface area contributed by atoms with Gasteiger partial charge in [0.25, 0.3) is 5.56 Å². The SMILES string of the molecule is CCCCc1cc(=O)n(CC(=O)Nc2ccc(Oc3ccccc3)cc2)cn1. The number of para-hydroxylation sites is 1. The molecule has 0 aliphatic heterocycles. The van der Waals surface area contributed by atoms with Gasteiger partial charge in [0.15, 0.2) is 0 Å². The molecule has 0 atom stereocenters. The van der Waals surface area contributed by atoms with Gasteiger partial charge < -0.3 is 10.1 Å². The molecule has 1 aromatic heterocycles. The fraction of sp³-hybridized carbons (Fsp3) is 0.227. The van der Waals surface area contributed by atoms with E-state index < -0.39 is 0 Å². The molecule has 3 rings (SSSR count). The smallest absolute Gasteiger partial charge is 0.253 e. The number of carbonyl (C=O) groups is 1. The Balaban J connectivity index is 1.57. The van der Waals surface area contributed by atoms with E-state index in [4.69, 9.17) is 4.74 Å². The molecule has 0 fully saturated rings. The van der Waals surface area contributed by atoms with Crippen LogP contribution in [0.2, 0.25) is 0 Å². The highest BCUT2D eigenvalue weighted by Gasteiger charge is 2.07. The molecule has 6 heteroatoms. The predicted molar refractivity (Wildman–Crippen MR) is 109 cm³/mol. The van der Waals surface area contributed by atoms with Gasteiger partial charge in [-0.3, -0.25) is 14.2 Å². The third-order valence-corrected chi connectivity index (χ3v) is 4.15. The minimum absolute atomic E-state index is 0.0812. The molecule has 6 nitrogen and oxygen atoms in total. The van der Waals surface area contributed by atoms with Gasteiger partial charge in [-0.05, 0) is 49.2 Å². The molecule has 3 aromatic rings. The van der Waals surface area contributed by atoms with Gasteiger partial charge >= 0.3 is 0 Å². The second-order valence-electron chi connectivity index (χ2n) is 6.44. The van der Waals surface area contributed by atoms with E-state index in [-0.39, 0.29) is 18.0 Å². The van der Waals surface area contributed by atoms with Crippen molar-refractivity contribution in [1.82, 2.24) is 9.55 Å². The Hall–Kier alpha value is -3.41. The van der Waals surface area contributed by atoms with E-state index in [1.165, 1.54) is 17.0 Å². The second kappa shape index (κ2) is 9.50. The van der Waals surface area contributed by atoms with Crippen LogP contribution in [0.1, 0.15) is 25.5 Å². The Labute approximate surface area is 163 Å². The number of aryl methyl sites for hydroxylation is 1. The number of unbranched alkanes of at least 4 members (excludes halogenated alkanes) is 1. The summed E-state index contributed by atoms with van der Waals surface area (Å²) in [5, 5.41) is 2.78. The lowest BCUT2D eigenvalue weighted by Crippen LogP contribution is -2.27. The number of carbonyl (C=O) groups excluding carboxylic acids is 1. The summed E-state index contributed by atoms with van der Waals surface area (Å²) < 4.78 is 7.03. The van der Waals surface area contributed by atoms with Crippen molar-refractivity contribution in [1.29, 1.82) is 0 Å². The van der Waals surface area contributed by atoms with Gasteiger partial charge in [0.1, 0.15) is 18.0 Å². The van der Waals surface area contributed by atoms with Crippen LogP contribution in [0.4, 0.5) is 5.69 Å². The Bertz CT molecular complexity index is 966. The van der Waals surface area contributed by atoms with Crippen LogP contribution in [0.3, 0.4) is 0 Å². The standard InChI is InChI=1S/C22H23N3O3/c1-2-3-7-18-14-22(27)25(16-23-18)15-21(26)24-17-10-12-20(13-11-17)28-19-8-5-4-6-9-19/h4-6,8-14,16H,2-3,7,15H2,1H3,(H,24,26). The van der Waals surface area contributed by atoms with E-state index in [1.54, 1.807) is 24.3 Å². The van der Waals surface area contributed by atoms with E-state index in [1.807, 2.05) is 30.3 Å². The van der Waals surface area contributed by atoms with Gasteiger partial charge in [-0.1, -0.05) is 31.5 Å². The van der Waals surface area contributed by atoms with Gasteiger partial charge in [0.2, 0.25) is 5.91 Å². The summed E-state index contributed by atoms with van der Waals surface area (Å²) >= 11 is 0. The zero-order valence-corrected chi connectivity index (χ0v) is 15.8. The van der Waals surface area contributed by atoms with Gasteiger partial charge in [-0.25, -0.2) is 4.98 Å². The number of ether oxygens (including phenoxy) is 1. The first-order valence-corrected chi connectivity index (χ1v) is 9.32. The van der Waals surface area contributed by atoms with Crippen LogP contribution >= 0.6 is 0 Å². The van der Waals surface area contributed by atoms with Crippen molar-refractivity contribution >= 4 is 11.6 Å². The highest BCUT2D eigenvalue weighted by atomic mass is 16.5. The lowest BCUT2D eigenvalue weighted by molar-refractivity contribution is -0.116. The van der Waals surface area contributed by atoms with Crippen molar-refractivity contribution < 1.29 is 9.53 Å². The summed E-state index contributed by atoms with van der Waals surface area (Å²) in [4.78, 5) is 28.6. The van der Waals surface area contributed by atoms with E-state index in [9.17, 15) is 9.59 Å². The van der Waals surface area contributed by atoms with Crippen LogP contribution in [0.25, 0.3) is 0 Å². The molecule has 0 aliphatic rings. The van der Waals surface area contributed by atoms with E-state index in [0.29, 0.717) is 11.4 Å². The van der Waals surface area contributed by atoms with Crippen molar-refractivity contribution in [3.8, 4) is 11.5 Å². The number of nitrogens with zero attached hydrogens (tertiary/aromatic N) is 2. The molecule has 0 bridgehead atoms. The lowest BCUT2D eigenvalue weighted by atomic mass is 10.2. The first-order chi connectivity index (χ1) is 13.6. The fourth-order valence-corrected chi connectivity index (χ4v) is 2.66. The number of aromatic nitrogens is 2. The number of rotatable bonds is 8. The molecular weight excluding hydrogens is 354 g/mol. The van der Waals surface area contributed by atoms with Crippen LogP contribution < -0.4 is 15.6 Å². The van der Waals surface area contributed by atoms with Crippen LogP contribution in [0, 0.1) is 0 Å². The van der Waals surface area contributed by atoms with Crippen molar-refractivity contribution in [2.75, 3.05) is 5.32 Å². The topological polar surface area (TPSA) is 73.2 Å². The van der Waals surface area contributed by atoms with Crippen LogP contribution in [0.5, 0.6) is 11.5 Å². The molecule has 0 saturated heterocycles. The largest absolute Gasteiger partial charge is 0.457 e. The predicted octanol–water partition coefficient (Wildman–Crippen LogP) is 4.02. The zero-order chi connectivity index (χ0) is 19.8. The van der Waals surface area contributed by atoms with Gasteiger partial charge in [0, 0.05) is 17.4 Å². The first kappa shape index (κ1) is 19.4. The van der Waals surface area contributed by atoms with Crippen LogP contribution in [-0.4, -0.2) is 15.5 Å². The van der Waals surface area contributed by atoms with Gasteiger partial charge in [-0.15, -0.1) is 0 Å². The minimum Gasteiger partial charge on any atom is -0.457 e. The molecular formula is C22H23N3O3. The summed E-state index contributed by atoms with van der Waals surface area (Å²) in [5.41, 5.74) is 1.17. The zero-order valence-electron chi connectivity index (χ0n) is 15.8. The van der Waals surface area contributed by atoms with Crippen molar-refractivity contribution in [3.05, 3.63) is 83.0 Å². The third-order valence-electron chi connectivity index (χ3n) is 4.15. The summed E-state index contributed by atoms with van der Waals surface area (Å²) in [7, 11) is 0. The molecule has 1 N–H and O–H groups in total. The quantitative estimate of drug-likeness (QED) is 0.644. The average molecular weight is 377 g/mol. The number of hydrogen-bond acceptors (Lipinski definition) is 4. The lowest BCUT2D eigenvalue weighted by Gasteiger charge is -2.09. The molecule has 2 aromatic carbocycles. The molecule has 0 radical (unpaired) electrons. The first-order valence-electron chi connectivity index (χ1n) is 9.32. The highest BCUT2D eigenvalue weighted by Crippen LogP contribution is 2.22. The second-order valence-corrected chi connectivity index (χ2v) is 6.44. The number of amides is 1. The number of anilines is 1. The van der Waals surface area contributed by atoms with Crippen molar-refractivity contribution in [3.63, 3.8) is 0 Å². The van der Waals surface area contributed by atoms with Crippen LogP contribution in [-0.2, 0) is 17.8 Å². The molecule has 1 heterocycles. The van der Waals surface area contributed by atoms with Gasteiger partial charge in [0.05, 0.1) is 6.33 Å². The van der Waals surface area contributed by atoms with Crippen LogP contribution in [0.15, 0.2) is 71.8 Å². The Morgan fingerprint density at radius 2 is 1.79 bits per heavy atom. The van der Waals surface area contributed by atoms with E-state index >= 15 is 0 Å². The molecule has 144 valence electrons. The van der Waals surface area contributed by atoms with Gasteiger partial charge in [-0.2, -0.15) is 0 Å². The fourth-order valence-electron chi connectivity index (χ4n) is 2.66. The number of hydrogen-bond donors (Lipinski definition) is 1. The third kappa shape index (κ3) is 5.54. The molecule has 28 heavy (non-hydrogen) atoms. The number of benzene rings is 2. The maximum Gasteiger partial charge on any atom is 0.253 e. The average Bonchev–Trinajstić information content (AvgIpc) is 2.70. The normalized spacial score (nSPS) is 10.5. The van der Waals surface area contributed by atoms with E-state index in [0.717, 1.165) is 30.7 Å². The number of nitrogens with one attached hydrogen (secondary N) is 1. The van der Waals surface area contributed by atoms with Crippen molar-refractivity contribution in [2.45, 2.75) is 32.7 Å². The maximum atomic E-state index is 12.2. The Morgan fingerprint density at radius 3 is 2.46 bits per heavy atom. The Kier molecular flexibility index (Phi) is 6.57. The summed E-state index contributed by atoms with van der Waals surface area (Å²) in [6, 6.07) is 18.0. The summed E-state index contributed by atoms with van der Waals surface area (Å²) in [6.45, 7) is 2.01. The minimum atomic E-state index is -0.290. The molecule has 1 amide bonds. The van der Waals surface area contributed by atoms with E-state index in [2.05, 4.69) is 17.2 Å². The Morgan fingerprint density at radius 1 is 1.07 bits per heavy atom. The summed E-state index contributed by atoms with van der Waals surface area (Å²) in [6.07, 6.45) is 4.24. The maximum absolute atomic E-state index is 12.2. The molecule has 0 saturated carbocycles.